The van der Waals surface area contributed by atoms with E-state index < -0.39 is 0 Å². The molecule has 3 heteroatoms. The van der Waals surface area contributed by atoms with Gasteiger partial charge in [0, 0.05) is 18.7 Å². The molecule has 2 aromatic rings. The van der Waals surface area contributed by atoms with Crippen LogP contribution in [0.15, 0.2) is 47.1 Å². The molecule has 0 aliphatic carbocycles. The van der Waals surface area contributed by atoms with Crippen LogP contribution < -0.4 is 4.90 Å². The molecule has 0 atom stereocenters. The van der Waals surface area contributed by atoms with E-state index in [1.54, 1.807) is 11.2 Å². The van der Waals surface area contributed by atoms with Crippen molar-refractivity contribution in [3.63, 3.8) is 0 Å². The van der Waals surface area contributed by atoms with Crippen molar-refractivity contribution < 1.29 is 9.32 Å². The molecule has 0 spiro atoms. The molecule has 112 valence electrons. The number of quaternary nitrogens is 1. The molecule has 0 radical (unpaired) electrons. The van der Waals surface area contributed by atoms with Gasteiger partial charge < -0.3 is 9.32 Å². The van der Waals surface area contributed by atoms with E-state index >= 15 is 0 Å². The summed E-state index contributed by atoms with van der Waals surface area (Å²) in [6, 6.07) is 13.2. The normalized spacial score (nSPS) is 17.2. The third kappa shape index (κ3) is 3.96. The van der Waals surface area contributed by atoms with Crippen LogP contribution >= 0.6 is 0 Å². The van der Waals surface area contributed by atoms with Crippen LogP contribution in [0, 0.1) is 0 Å². The number of hydrogen-bond donors (Lipinski definition) is 1. The van der Waals surface area contributed by atoms with Crippen LogP contribution in [-0.2, 0) is 19.5 Å². The number of nitrogens with one attached hydrogen (secondary N) is 1. The van der Waals surface area contributed by atoms with Crippen molar-refractivity contribution in [3.8, 4) is 0 Å². The van der Waals surface area contributed by atoms with Gasteiger partial charge in [-0.25, -0.2) is 0 Å². The lowest BCUT2D eigenvalue weighted by Crippen LogP contribution is -3.13. The predicted molar refractivity (Wildman–Crippen MR) is 84.2 cm³/mol. The second kappa shape index (κ2) is 6.92. The summed E-state index contributed by atoms with van der Waals surface area (Å²) in [6.45, 7) is 9.06. The van der Waals surface area contributed by atoms with E-state index in [1.807, 2.05) is 6.07 Å². The van der Waals surface area contributed by atoms with Gasteiger partial charge in [-0.05, 0) is 24.1 Å². The average molecular weight is 285 g/mol. The van der Waals surface area contributed by atoms with Crippen molar-refractivity contribution in [2.45, 2.75) is 26.4 Å². The Morgan fingerprint density at radius 1 is 1.05 bits per heavy atom. The van der Waals surface area contributed by atoms with Crippen LogP contribution in [0.5, 0.6) is 0 Å². The second-order valence-corrected chi connectivity index (χ2v) is 5.95. The first-order valence-corrected chi connectivity index (χ1v) is 7.99. The fraction of sp³-hybridized carbons (Fsp3) is 0.444. The SMILES string of the molecule is CCc1ccc(C[NH+]2CCN(Cc3ccco3)CC2)cc1. The van der Waals surface area contributed by atoms with Crippen LogP contribution in [0.3, 0.4) is 0 Å². The quantitative estimate of drug-likeness (QED) is 0.903. The molecular weight excluding hydrogens is 260 g/mol. The number of nitrogens with zero attached hydrogens (tertiary/aromatic N) is 1. The average Bonchev–Trinajstić information content (AvgIpc) is 3.03. The zero-order valence-corrected chi connectivity index (χ0v) is 12.8. The molecule has 1 aromatic heterocycles. The van der Waals surface area contributed by atoms with Crippen LogP contribution in [0.1, 0.15) is 23.8 Å². The number of rotatable bonds is 5. The van der Waals surface area contributed by atoms with Gasteiger partial charge >= 0.3 is 0 Å². The van der Waals surface area contributed by atoms with Gasteiger partial charge in [0.1, 0.15) is 12.3 Å². The van der Waals surface area contributed by atoms with Gasteiger partial charge in [-0.3, -0.25) is 4.90 Å². The maximum atomic E-state index is 5.43. The first-order chi connectivity index (χ1) is 10.3. The number of furan rings is 1. The van der Waals surface area contributed by atoms with Crippen molar-refractivity contribution in [2.75, 3.05) is 26.2 Å². The number of aryl methyl sites for hydroxylation is 1. The highest BCUT2D eigenvalue weighted by atomic mass is 16.3. The van der Waals surface area contributed by atoms with Gasteiger partial charge in [0.05, 0.1) is 25.9 Å². The monoisotopic (exact) mass is 285 g/mol. The molecule has 0 saturated carbocycles. The minimum Gasteiger partial charge on any atom is -0.468 e. The molecule has 0 unspecified atom stereocenters. The topological polar surface area (TPSA) is 20.8 Å². The summed E-state index contributed by atoms with van der Waals surface area (Å²) in [5.74, 6) is 1.08. The summed E-state index contributed by atoms with van der Waals surface area (Å²) in [5.41, 5.74) is 2.89. The summed E-state index contributed by atoms with van der Waals surface area (Å²) in [5, 5.41) is 0. The molecular formula is C18H25N2O+. The smallest absolute Gasteiger partial charge is 0.117 e. The van der Waals surface area contributed by atoms with Gasteiger partial charge in [0.15, 0.2) is 0 Å². The van der Waals surface area contributed by atoms with Gasteiger partial charge in [-0.1, -0.05) is 31.2 Å². The molecule has 1 fully saturated rings. The molecule has 21 heavy (non-hydrogen) atoms. The lowest BCUT2D eigenvalue weighted by atomic mass is 10.1. The molecule has 1 N–H and O–H groups in total. The number of piperazine rings is 1. The van der Waals surface area contributed by atoms with Crippen LogP contribution in [0.4, 0.5) is 0 Å². The van der Waals surface area contributed by atoms with Gasteiger partial charge in [-0.2, -0.15) is 0 Å². The van der Waals surface area contributed by atoms with Crippen molar-refractivity contribution in [3.05, 3.63) is 59.5 Å². The van der Waals surface area contributed by atoms with Crippen LogP contribution in [-0.4, -0.2) is 31.1 Å². The zero-order valence-electron chi connectivity index (χ0n) is 12.8. The summed E-state index contributed by atoms with van der Waals surface area (Å²) in [7, 11) is 0. The summed E-state index contributed by atoms with van der Waals surface area (Å²) in [4.78, 5) is 4.18. The van der Waals surface area contributed by atoms with Crippen molar-refractivity contribution in [1.82, 2.24) is 4.90 Å². The summed E-state index contributed by atoms with van der Waals surface area (Å²) >= 11 is 0. The predicted octanol–water partition coefficient (Wildman–Crippen LogP) is 1.74. The standard InChI is InChI=1S/C18H24N2O/c1-2-16-5-7-17(8-6-16)14-19-9-11-20(12-10-19)15-18-4-3-13-21-18/h3-8,13H,2,9-12,14-15H2,1H3/p+1. The Kier molecular flexibility index (Phi) is 4.73. The van der Waals surface area contributed by atoms with E-state index in [9.17, 15) is 0 Å². The third-order valence-electron chi connectivity index (χ3n) is 4.41. The van der Waals surface area contributed by atoms with Crippen LogP contribution in [0.25, 0.3) is 0 Å². The molecule has 0 bridgehead atoms. The van der Waals surface area contributed by atoms with E-state index in [0.717, 1.165) is 38.4 Å². The van der Waals surface area contributed by atoms with Gasteiger partial charge in [0.25, 0.3) is 0 Å². The van der Waals surface area contributed by atoms with Crippen molar-refractivity contribution in [2.24, 2.45) is 0 Å². The van der Waals surface area contributed by atoms with Crippen molar-refractivity contribution >= 4 is 0 Å². The minimum absolute atomic E-state index is 0.950. The number of hydrogen-bond acceptors (Lipinski definition) is 2. The Bertz CT molecular complexity index is 525. The highest BCUT2D eigenvalue weighted by Crippen LogP contribution is 2.06. The van der Waals surface area contributed by atoms with E-state index in [0.29, 0.717) is 0 Å². The molecule has 1 saturated heterocycles. The van der Waals surface area contributed by atoms with E-state index in [2.05, 4.69) is 42.2 Å². The molecule has 0 amide bonds. The van der Waals surface area contributed by atoms with Gasteiger partial charge in [0.2, 0.25) is 0 Å². The molecule has 3 nitrogen and oxygen atoms in total. The van der Waals surface area contributed by atoms with E-state index in [-0.39, 0.29) is 0 Å². The lowest BCUT2D eigenvalue weighted by Gasteiger charge is -2.31. The van der Waals surface area contributed by atoms with E-state index in [4.69, 9.17) is 4.42 Å². The first kappa shape index (κ1) is 14.4. The Hall–Kier alpha value is -1.58. The summed E-state index contributed by atoms with van der Waals surface area (Å²) < 4.78 is 5.43. The minimum atomic E-state index is 0.950. The Morgan fingerprint density at radius 3 is 2.38 bits per heavy atom. The van der Waals surface area contributed by atoms with E-state index in [1.165, 1.54) is 24.2 Å². The number of benzene rings is 1. The zero-order chi connectivity index (χ0) is 14.5. The fourth-order valence-corrected chi connectivity index (χ4v) is 3.01. The first-order valence-electron chi connectivity index (χ1n) is 7.99. The highest BCUT2D eigenvalue weighted by Gasteiger charge is 2.20. The van der Waals surface area contributed by atoms with Gasteiger partial charge in [-0.15, -0.1) is 0 Å². The molecule has 3 rings (SSSR count). The van der Waals surface area contributed by atoms with Crippen molar-refractivity contribution in [1.29, 1.82) is 0 Å². The Labute approximate surface area is 127 Å². The lowest BCUT2D eigenvalue weighted by molar-refractivity contribution is -0.918. The third-order valence-corrected chi connectivity index (χ3v) is 4.41. The van der Waals surface area contributed by atoms with Crippen LogP contribution in [0.2, 0.25) is 0 Å². The Balaban J connectivity index is 1.46. The second-order valence-electron chi connectivity index (χ2n) is 5.95. The summed E-state index contributed by atoms with van der Waals surface area (Å²) in [6.07, 6.45) is 2.88. The molecule has 1 aliphatic rings. The molecule has 1 aromatic carbocycles. The fourth-order valence-electron chi connectivity index (χ4n) is 3.01. The molecule has 2 heterocycles. The largest absolute Gasteiger partial charge is 0.468 e. The Morgan fingerprint density at radius 2 is 1.76 bits per heavy atom. The maximum Gasteiger partial charge on any atom is 0.117 e. The maximum absolute atomic E-state index is 5.43. The highest BCUT2D eigenvalue weighted by molar-refractivity contribution is 5.21. The molecule has 1 aliphatic heterocycles.